The maximum Gasteiger partial charge on any atom is 0.416 e. The summed E-state index contributed by atoms with van der Waals surface area (Å²) >= 11 is 0. The molecule has 0 atom stereocenters. The number of halogens is 3. The van der Waals surface area contributed by atoms with Gasteiger partial charge in [0.1, 0.15) is 0 Å². The third-order valence-electron chi connectivity index (χ3n) is 7.69. The first-order chi connectivity index (χ1) is 21.7. The van der Waals surface area contributed by atoms with Crippen molar-refractivity contribution in [1.29, 1.82) is 0 Å². The fourth-order valence-electron chi connectivity index (χ4n) is 5.39. The molecule has 5 nitrogen and oxygen atoms in total. The molecule has 0 aliphatic carbocycles. The van der Waals surface area contributed by atoms with Crippen molar-refractivity contribution >= 4 is 22.8 Å². The van der Waals surface area contributed by atoms with Crippen LogP contribution in [-0.4, -0.2) is 21.6 Å². The molecule has 0 spiro atoms. The molecule has 0 aliphatic rings. The minimum Gasteiger partial charge on any atom is -0.478 e. The van der Waals surface area contributed by atoms with Gasteiger partial charge in [0.05, 0.1) is 22.2 Å². The summed E-state index contributed by atoms with van der Waals surface area (Å²) in [6.07, 6.45) is -2.55. The van der Waals surface area contributed by atoms with E-state index in [9.17, 15) is 27.9 Å². The lowest BCUT2D eigenvalue weighted by molar-refractivity contribution is -0.137. The summed E-state index contributed by atoms with van der Waals surface area (Å²) in [6.45, 7) is 0.644. The highest BCUT2D eigenvalue weighted by molar-refractivity contribution is 6.08. The molecular formula is C37H27F3N2O3. The Hall–Kier alpha value is -5.63. The minimum atomic E-state index is -4.45. The van der Waals surface area contributed by atoms with Gasteiger partial charge < -0.3 is 15.0 Å². The summed E-state index contributed by atoms with van der Waals surface area (Å²) in [5.41, 5.74) is 5.52. The molecule has 1 amide bonds. The summed E-state index contributed by atoms with van der Waals surface area (Å²) in [7, 11) is 0. The number of fused-ring (bicyclic) bond motifs is 1. The van der Waals surface area contributed by atoms with Crippen LogP contribution in [-0.2, 0) is 19.3 Å². The number of aromatic nitrogens is 1. The second-order valence-electron chi connectivity index (χ2n) is 10.7. The van der Waals surface area contributed by atoms with E-state index < -0.39 is 17.7 Å². The number of nitrogens with zero attached hydrogens (tertiary/aromatic N) is 1. The lowest BCUT2D eigenvalue weighted by Gasteiger charge is -2.14. The molecule has 2 N–H and O–H groups in total. The molecule has 0 radical (unpaired) electrons. The molecule has 0 unspecified atom stereocenters. The smallest absolute Gasteiger partial charge is 0.416 e. The number of rotatable bonds is 8. The molecular weight excluding hydrogens is 577 g/mol. The van der Waals surface area contributed by atoms with Crippen LogP contribution in [0.3, 0.4) is 0 Å². The van der Waals surface area contributed by atoms with E-state index in [2.05, 4.69) is 11.4 Å². The lowest BCUT2D eigenvalue weighted by atomic mass is 9.98. The van der Waals surface area contributed by atoms with Crippen LogP contribution in [0.5, 0.6) is 0 Å². The zero-order valence-electron chi connectivity index (χ0n) is 23.9. The highest BCUT2D eigenvalue weighted by Gasteiger charge is 2.30. The number of alkyl halides is 3. The molecule has 5 aromatic carbocycles. The highest BCUT2D eigenvalue weighted by Crippen LogP contribution is 2.33. The number of carbonyl (C=O) groups excluding carboxylic acids is 1. The van der Waals surface area contributed by atoms with E-state index in [1.807, 2.05) is 71.4 Å². The third-order valence-corrected chi connectivity index (χ3v) is 7.69. The SMILES string of the molecule is O=C(O)c1ccc(CNC(=O)c2cc(-c3ccc(C(F)(F)F)cc3)cc3ccn(Cc4cccc(-c5ccccc5)c4)c23)cc1. The molecule has 8 heteroatoms. The van der Waals surface area contributed by atoms with Gasteiger partial charge in [-0.1, -0.05) is 72.8 Å². The van der Waals surface area contributed by atoms with Crippen molar-refractivity contribution in [2.75, 3.05) is 0 Å². The van der Waals surface area contributed by atoms with Crippen molar-refractivity contribution < 1.29 is 27.9 Å². The van der Waals surface area contributed by atoms with Gasteiger partial charge in [-0.05, 0) is 81.9 Å². The van der Waals surface area contributed by atoms with Gasteiger partial charge in [0.2, 0.25) is 0 Å². The molecule has 0 aliphatic heterocycles. The van der Waals surface area contributed by atoms with Crippen LogP contribution in [0.2, 0.25) is 0 Å². The Morgan fingerprint density at radius 2 is 1.38 bits per heavy atom. The third kappa shape index (κ3) is 6.50. The Kier molecular flexibility index (Phi) is 7.96. The molecule has 6 rings (SSSR count). The largest absolute Gasteiger partial charge is 0.478 e. The molecule has 224 valence electrons. The summed E-state index contributed by atoms with van der Waals surface area (Å²) in [6, 6.07) is 34.8. The van der Waals surface area contributed by atoms with Crippen molar-refractivity contribution in [2.45, 2.75) is 19.3 Å². The van der Waals surface area contributed by atoms with Gasteiger partial charge in [0, 0.05) is 24.7 Å². The highest BCUT2D eigenvalue weighted by atomic mass is 19.4. The molecule has 1 aromatic heterocycles. The Bertz CT molecular complexity index is 2000. The number of carbonyl (C=O) groups is 2. The number of carboxylic acid groups (broad SMARTS) is 1. The van der Waals surface area contributed by atoms with Crippen LogP contribution in [0.1, 0.15) is 37.4 Å². The zero-order chi connectivity index (χ0) is 31.6. The Morgan fingerprint density at radius 3 is 2.07 bits per heavy atom. The molecule has 0 saturated heterocycles. The van der Waals surface area contributed by atoms with Crippen LogP contribution >= 0.6 is 0 Å². The topological polar surface area (TPSA) is 71.3 Å². The van der Waals surface area contributed by atoms with Crippen LogP contribution in [0, 0.1) is 0 Å². The number of aromatic carboxylic acids is 1. The van der Waals surface area contributed by atoms with Gasteiger partial charge in [-0.3, -0.25) is 4.79 Å². The van der Waals surface area contributed by atoms with E-state index in [-0.39, 0.29) is 18.0 Å². The van der Waals surface area contributed by atoms with Crippen molar-refractivity contribution in [2.24, 2.45) is 0 Å². The fraction of sp³-hybridized carbons (Fsp3) is 0.0811. The second-order valence-corrected chi connectivity index (χ2v) is 10.7. The van der Waals surface area contributed by atoms with Gasteiger partial charge in [-0.15, -0.1) is 0 Å². The van der Waals surface area contributed by atoms with E-state index in [0.717, 1.165) is 39.8 Å². The monoisotopic (exact) mass is 604 g/mol. The van der Waals surface area contributed by atoms with E-state index in [1.165, 1.54) is 24.3 Å². The predicted octanol–water partition coefficient (Wildman–Crippen LogP) is 8.67. The van der Waals surface area contributed by atoms with Gasteiger partial charge in [0.25, 0.3) is 5.91 Å². The summed E-state index contributed by atoms with van der Waals surface area (Å²) in [5.74, 6) is -1.41. The summed E-state index contributed by atoms with van der Waals surface area (Å²) in [4.78, 5) is 25.0. The number of amides is 1. The number of carboxylic acids is 1. The lowest BCUT2D eigenvalue weighted by Crippen LogP contribution is -2.23. The van der Waals surface area contributed by atoms with Gasteiger partial charge >= 0.3 is 12.1 Å². The first-order valence-electron chi connectivity index (χ1n) is 14.2. The van der Waals surface area contributed by atoms with Gasteiger partial charge in [0.15, 0.2) is 0 Å². The first-order valence-corrected chi connectivity index (χ1v) is 14.2. The standard InChI is InChI=1S/C37H27F3N2O3/c38-37(39,40)32-15-13-27(14-16-32)31-20-30-17-18-42(23-25-5-4-8-29(19-25)26-6-2-1-3-7-26)34(30)33(21-31)35(43)41-22-24-9-11-28(12-10-24)36(44)45/h1-21H,22-23H2,(H,41,43)(H,44,45). The van der Waals surface area contributed by atoms with E-state index in [0.29, 0.717) is 28.8 Å². The second kappa shape index (κ2) is 12.2. The van der Waals surface area contributed by atoms with Crippen molar-refractivity contribution in [3.63, 3.8) is 0 Å². The Balaban J connectivity index is 1.37. The Labute approximate surface area is 257 Å². The van der Waals surface area contributed by atoms with Crippen LogP contribution in [0.4, 0.5) is 13.2 Å². The number of hydrogen-bond donors (Lipinski definition) is 2. The van der Waals surface area contributed by atoms with Crippen LogP contribution < -0.4 is 5.32 Å². The quantitative estimate of drug-likeness (QED) is 0.183. The van der Waals surface area contributed by atoms with Crippen LogP contribution in [0.15, 0.2) is 128 Å². The summed E-state index contributed by atoms with van der Waals surface area (Å²) in [5, 5.41) is 12.9. The van der Waals surface area contributed by atoms with Crippen molar-refractivity contribution in [1.82, 2.24) is 9.88 Å². The van der Waals surface area contributed by atoms with Crippen molar-refractivity contribution in [3.8, 4) is 22.3 Å². The zero-order valence-corrected chi connectivity index (χ0v) is 23.9. The van der Waals surface area contributed by atoms with Gasteiger partial charge in [-0.25, -0.2) is 4.79 Å². The summed E-state index contributed by atoms with van der Waals surface area (Å²) < 4.78 is 41.6. The molecule has 45 heavy (non-hydrogen) atoms. The average Bonchev–Trinajstić information content (AvgIpc) is 3.46. The van der Waals surface area contributed by atoms with Crippen molar-refractivity contribution in [3.05, 3.63) is 155 Å². The first kappa shape index (κ1) is 29.4. The predicted molar refractivity (Wildman–Crippen MR) is 168 cm³/mol. The Morgan fingerprint density at radius 1 is 0.689 bits per heavy atom. The molecule has 0 saturated carbocycles. The van der Waals surface area contributed by atoms with E-state index in [1.54, 1.807) is 18.2 Å². The fourth-order valence-corrected chi connectivity index (χ4v) is 5.39. The molecule has 1 heterocycles. The van der Waals surface area contributed by atoms with E-state index >= 15 is 0 Å². The van der Waals surface area contributed by atoms with Crippen LogP contribution in [0.25, 0.3) is 33.2 Å². The molecule has 0 bridgehead atoms. The normalized spacial score (nSPS) is 11.4. The number of hydrogen-bond acceptors (Lipinski definition) is 2. The maximum absolute atomic E-state index is 13.8. The average molecular weight is 605 g/mol. The maximum atomic E-state index is 13.8. The minimum absolute atomic E-state index is 0.144. The van der Waals surface area contributed by atoms with E-state index in [4.69, 9.17) is 0 Å². The number of nitrogens with one attached hydrogen (secondary N) is 1. The molecule has 0 fully saturated rings. The number of benzene rings is 5. The molecule has 6 aromatic rings. The van der Waals surface area contributed by atoms with Gasteiger partial charge in [-0.2, -0.15) is 13.2 Å².